The highest BCUT2D eigenvalue weighted by atomic mass is 15.3. The van der Waals surface area contributed by atoms with Crippen LogP contribution in [0, 0.1) is 0 Å². The average Bonchev–Trinajstić information content (AvgIpc) is 2.97. The third kappa shape index (κ3) is 3.44. The number of rotatable bonds is 6. The Morgan fingerprint density at radius 3 is 2.79 bits per heavy atom. The lowest BCUT2D eigenvalue weighted by Gasteiger charge is -2.05. The Kier molecular flexibility index (Phi) is 4.37. The second kappa shape index (κ2) is 6.02. The van der Waals surface area contributed by atoms with E-state index in [2.05, 4.69) is 36.3 Å². The molecule has 0 aliphatic carbocycles. The van der Waals surface area contributed by atoms with Gasteiger partial charge in [-0.05, 0) is 30.9 Å². The summed E-state index contributed by atoms with van der Waals surface area (Å²) in [5, 5.41) is 8.84. The molecule has 0 amide bonds. The lowest BCUT2D eigenvalue weighted by molar-refractivity contribution is 0.615. The molecule has 0 bridgehead atoms. The maximum absolute atomic E-state index is 5.96. The highest BCUT2D eigenvalue weighted by Crippen LogP contribution is 2.08. The Morgan fingerprint density at radius 1 is 1.37 bits per heavy atom. The smallest absolute Gasteiger partial charge is 0.0828 e. The monoisotopic (exact) mass is 261 g/mol. The first-order valence-electron chi connectivity index (χ1n) is 6.91. The molecule has 0 radical (unpaired) electrons. The second-order valence-corrected chi connectivity index (χ2v) is 5.02. The summed E-state index contributed by atoms with van der Waals surface area (Å²) in [6.45, 7) is 4.98. The number of hydrogen-bond acceptors (Lipinski definition) is 3. The molecule has 0 fully saturated rings. The van der Waals surface area contributed by atoms with Gasteiger partial charge in [0.25, 0.3) is 0 Å². The molecule has 5 heteroatoms. The second-order valence-electron chi connectivity index (χ2n) is 5.02. The quantitative estimate of drug-likeness (QED) is 0.857. The summed E-state index contributed by atoms with van der Waals surface area (Å²) in [6.07, 6.45) is 6.83. The third-order valence-electron chi connectivity index (χ3n) is 3.42. The molecular formula is C14H23N5. The molecule has 0 saturated carbocycles. The van der Waals surface area contributed by atoms with Crippen LogP contribution in [0.3, 0.4) is 0 Å². The number of nitrogens with two attached hydrogens (primary N) is 1. The Hall–Kier alpha value is -1.62. The first-order chi connectivity index (χ1) is 9.12. The van der Waals surface area contributed by atoms with E-state index in [1.807, 2.05) is 22.6 Å². The van der Waals surface area contributed by atoms with Crippen molar-refractivity contribution in [3.8, 4) is 0 Å². The van der Waals surface area contributed by atoms with Gasteiger partial charge in [0.2, 0.25) is 0 Å². The van der Waals surface area contributed by atoms with Gasteiger partial charge in [-0.1, -0.05) is 13.8 Å². The molecule has 2 heterocycles. The van der Waals surface area contributed by atoms with Crippen molar-refractivity contribution in [1.29, 1.82) is 0 Å². The van der Waals surface area contributed by atoms with Crippen LogP contribution >= 0.6 is 0 Å². The number of aryl methyl sites for hydroxylation is 2. The van der Waals surface area contributed by atoms with Gasteiger partial charge in [0.05, 0.1) is 24.1 Å². The fraction of sp³-hybridized carbons (Fsp3) is 0.571. The van der Waals surface area contributed by atoms with Gasteiger partial charge in [-0.3, -0.25) is 9.36 Å². The van der Waals surface area contributed by atoms with Crippen LogP contribution in [0.1, 0.15) is 37.2 Å². The van der Waals surface area contributed by atoms with Crippen LogP contribution in [0.2, 0.25) is 0 Å². The molecule has 2 N–H and O–H groups in total. The van der Waals surface area contributed by atoms with Crippen LogP contribution in [-0.2, 0) is 26.4 Å². The van der Waals surface area contributed by atoms with Gasteiger partial charge in [0, 0.05) is 19.3 Å². The SMILES string of the molecule is CCc1cc(Cn2cc(CC(N)CC)cn2)n(C)n1. The number of hydrogen-bond donors (Lipinski definition) is 1. The van der Waals surface area contributed by atoms with Gasteiger partial charge in [-0.2, -0.15) is 10.2 Å². The third-order valence-corrected chi connectivity index (χ3v) is 3.42. The molecule has 104 valence electrons. The van der Waals surface area contributed by atoms with Crippen LogP contribution in [0.4, 0.5) is 0 Å². The van der Waals surface area contributed by atoms with E-state index in [-0.39, 0.29) is 6.04 Å². The standard InChI is InChI=1S/C14H23N5/c1-4-12(15)6-11-8-16-19(9-11)10-14-7-13(5-2)17-18(14)3/h7-9,12H,4-6,10,15H2,1-3H3. The van der Waals surface area contributed by atoms with Crippen molar-refractivity contribution in [3.63, 3.8) is 0 Å². The zero-order chi connectivity index (χ0) is 13.8. The highest BCUT2D eigenvalue weighted by molar-refractivity contribution is 5.12. The van der Waals surface area contributed by atoms with Crippen molar-refractivity contribution < 1.29 is 0 Å². The zero-order valence-corrected chi connectivity index (χ0v) is 12.0. The first kappa shape index (κ1) is 13.8. The predicted octanol–water partition coefficient (Wildman–Crippen LogP) is 1.51. The minimum atomic E-state index is 0.223. The summed E-state index contributed by atoms with van der Waals surface area (Å²) in [5.74, 6) is 0. The Balaban J connectivity index is 2.04. The van der Waals surface area contributed by atoms with Gasteiger partial charge in [0.1, 0.15) is 0 Å². The summed E-state index contributed by atoms with van der Waals surface area (Å²) in [6, 6.07) is 2.36. The summed E-state index contributed by atoms with van der Waals surface area (Å²) in [4.78, 5) is 0. The van der Waals surface area contributed by atoms with Crippen LogP contribution in [-0.4, -0.2) is 25.6 Å². The lowest BCUT2D eigenvalue weighted by Crippen LogP contribution is -2.21. The minimum absolute atomic E-state index is 0.223. The van der Waals surface area contributed by atoms with E-state index in [1.54, 1.807) is 0 Å². The minimum Gasteiger partial charge on any atom is -0.327 e. The molecule has 0 aromatic carbocycles. The highest BCUT2D eigenvalue weighted by Gasteiger charge is 2.07. The van der Waals surface area contributed by atoms with Gasteiger partial charge in [-0.15, -0.1) is 0 Å². The van der Waals surface area contributed by atoms with Crippen molar-refractivity contribution >= 4 is 0 Å². The topological polar surface area (TPSA) is 61.7 Å². The Morgan fingerprint density at radius 2 is 2.16 bits per heavy atom. The lowest BCUT2D eigenvalue weighted by atomic mass is 10.1. The van der Waals surface area contributed by atoms with Crippen molar-refractivity contribution in [1.82, 2.24) is 19.6 Å². The molecule has 2 rings (SSSR count). The molecule has 2 aromatic rings. The largest absolute Gasteiger partial charge is 0.327 e. The van der Waals surface area contributed by atoms with E-state index in [4.69, 9.17) is 5.73 Å². The molecular weight excluding hydrogens is 238 g/mol. The molecule has 19 heavy (non-hydrogen) atoms. The summed E-state index contributed by atoms with van der Waals surface area (Å²) in [5.41, 5.74) is 9.46. The molecule has 2 aromatic heterocycles. The Labute approximate surface area is 114 Å². The maximum atomic E-state index is 5.96. The molecule has 0 aliphatic heterocycles. The van der Waals surface area contributed by atoms with Crippen molar-refractivity contribution in [2.45, 2.75) is 45.7 Å². The molecule has 1 unspecified atom stereocenters. The molecule has 5 nitrogen and oxygen atoms in total. The van der Waals surface area contributed by atoms with Gasteiger partial charge < -0.3 is 5.73 Å². The fourth-order valence-corrected chi connectivity index (χ4v) is 2.10. The predicted molar refractivity (Wildman–Crippen MR) is 75.9 cm³/mol. The first-order valence-corrected chi connectivity index (χ1v) is 6.91. The van der Waals surface area contributed by atoms with Gasteiger partial charge >= 0.3 is 0 Å². The summed E-state index contributed by atoms with van der Waals surface area (Å²) < 4.78 is 3.88. The normalized spacial score (nSPS) is 12.8. The Bertz CT molecular complexity index is 526. The van der Waals surface area contributed by atoms with E-state index < -0.39 is 0 Å². The van der Waals surface area contributed by atoms with E-state index in [0.29, 0.717) is 0 Å². The summed E-state index contributed by atoms with van der Waals surface area (Å²) >= 11 is 0. The van der Waals surface area contributed by atoms with Crippen LogP contribution in [0.15, 0.2) is 18.5 Å². The molecule has 1 atom stereocenters. The molecule has 0 saturated heterocycles. The molecule has 0 spiro atoms. The number of nitrogens with zero attached hydrogens (tertiary/aromatic N) is 4. The average molecular weight is 261 g/mol. The van der Waals surface area contributed by atoms with Crippen molar-refractivity contribution in [3.05, 3.63) is 35.4 Å². The van der Waals surface area contributed by atoms with E-state index in [0.717, 1.165) is 31.5 Å². The zero-order valence-electron chi connectivity index (χ0n) is 12.0. The van der Waals surface area contributed by atoms with E-state index in [1.165, 1.54) is 11.3 Å². The van der Waals surface area contributed by atoms with Crippen LogP contribution in [0.5, 0.6) is 0 Å². The van der Waals surface area contributed by atoms with Crippen LogP contribution in [0.25, 0.3) is 0 Å². The molecule has 0 aliphatic rings. The van der Waals surface area contributed by atoms with Gasteiger partial charge in [0.15, 0.2) is 0 Å². The fourth-order valence-electron chi connectivity index (χ4n) is 2.10. The van der Waals surface area contributed by atoms with E-state index >= 15 is 0 Å². The van der Waals surface area contributed by atoms with Gasteiger partial charge in [-0.25, -0.2) is 0 Å². The van der Waals surface area contributed by atoms with E-state index in [9.17, 15) is 0 Å². The number of aromatic nitrogens is 4. The van der Waals surface area contributed by atoms with Crippen molar-refractivity contribution in [2.24, 2.45) is 12.8 Å². The summed E-state index contributed by atoms with van der Waals surface area (Å²) in [7, 11) is 1.98. The maximum Gasteiger partial charge on any atom is 0.0828 e. The van der Waals surface area contributed by atoms with Crippen LogP contribution < -0.4 is 5.73 Å². The van der Waals surface area contributed by atoms with Crippen molar-refractivity contribution in [2.75, 3.05) is 0 Å².